The predicted molar refractivity (Wildman–Crippen MR) is 121 cm³/mol. The molecule has 0 bridgehead atoms. The van der Waals surface area contributed by atoms with E-state index >= 15 is 0 Å². The third kappa shape index (κ3) is 4.23. The van der Waals surface area contributed by atoms with Crippen LogP contribution in [0, 0.1) is 0 Å². The number of urea groups is 1. The van der Waals surface area contributed by atoms with Crippen LogP contribution in [0.3, 0.4) is 0 Å². The van der Waals surface area contributed by atoms with E-state index < -0.39 is 33.8 Å². The molecule has 0 atom stereocenters. The predicted octanol–water partition coefficient (Wildman–Crippen LogP) is 4.67. The number of anilines is 1. The van der Waals surface area contributed by atoms with Crippen molar-refractivity contribution < 1.29 is 30.8 Å². The minimum absolute atomic E-state index is 0.0668. The topological polar surface area (TPSA) is 69.7 Å². The van der Waals surface area contributed by atoms with Crippen molar-refractivity contribution in [1.82, 2.24) is 10.2 Å². The van der Waals surface area contributed by atoms with Crippen molar-refractivity contribution in [3.63, 3.8) is 0 Å². The first-order valence-electron chi connectivity index (χ1n) is 11.4. The molecule has 2 heterocycles. The normalized spacial score (nSPS) is 21.2. The fourth-order valence-corrected chi connectivity index (χ4v) is 6.88. The molecule has 2 aromatic rings. The number of hydrogen-bond donors (Lipinski definition) is 1. The van der Waals surface area contributed by atoms with Gasteiger partial charge in [-0.25, -0.2) is 30.8 Å². The summed E-state index contributed by atoms with van der Waals surface area (Å²) in [6.07, 6.45) is -2.38. The van der Waals surface area contributed by atoms with Gasteiger partial charge >= 0.3 is 6.03 Å². The Morgan fingerprint density at radius 1 is 1.00 bits per heavy atom. The van der Waals surface area contributed by atoms with E-state index in [2.05, 4.69) is 5.32 Å². The highest BCUT2D eigenvalue weighted by atomic mass is 32.2. The average Bonchev–Trinajstić information content (AvgIpc) is 3.13. The van der Waals surface area contributed by atoms with E-state index in [-0.39, 0.29) is 35.9 Å². The Morgan fingerprint density at radius 2 is 1.63 bits per heavy atom. The molecular weight excluding hydrogens is 486 g/mol. The summed E-state index contributed by atoms with van der Waals surface area (Å²) in [5, 5.41) is 2.65. The molecule has 0 radical (unpaired) electrons. The molecule has 1 spiro atoms. The fourth-order valence-electron chi connectivity index (χ4n) is 5.31. The van der Waals surface area contributed by atoms with Gasteiger partial charge in [-0.3, -0.25) is 4.31 Å². The first-order chi connectivity index (χ1) is 16.5. The molecule has 1 N–H and O–H groups in total. The summed E-state index contributed by atoms with van der Waals surface area (Å²) in [6, 6.07) is 10.9. The molecule has 5 rings (SSSR count). The summed E-state index contributed by atoms with van der Waals surface area (Å²) in [4.78, 5) is 14.1. The van der Waals surface area contributed by atoms with E-state index in [9.17, 15) is 30.8 Å². The highest BCUT2D eigenvalue weighted by Crippen LogP contribution is 2.49. The second kappa shape index (κ2) is 8.39. The number of carbonyl (C=O) groups excluding carboxylic acids is 1. The molecule has 2 amide bonds. The van der Waals surface area contributed by atoms with E-state index in [1.165, 1.54) is 16.4 Å². The van der Waals surface area contributed by atoms with Crippen LogP contribution < -0.4 is 9.62 Å². The van der Waals surface area contributed by atoms with Crippen molar-refractivity contribution >= 4 is 21.7 Å². The highest BCUT2D eigenvalue weighted by Gasteiger charge is 2.50. The third-order valence-electron chi connectivity index (χ3n) is 7.34. The summed E-state index contributed by atoms with van der Waals surface area (Å²) in [7, 11) is -4.00. The molecule has 2 fully saturated rings. The summed E-state index contributed by atoms with van der Waals surface area (Å²) >= 11 is 0. The van der Waals surface area contributed by atoms with Gasteiger partial charge in [-0.05, 0) is 36.6 Å². The molecule has 6 nitrogen and oxygen atoms in total. The number of alkyl halides is 4. The molecule has 0 aromatic heterocycles. The van der Waals surface area contributed by atoms with E-state index in [0.29, 0.717) is 31.6 Å². The molecule has 11 heteroatoms. The van der Waals surface area contributed by atoms with Crippen LogP contribution in [0.25, 0.3) is 0 Å². The monoisotopic (exact) mass is 511 g/mol. The number of sulfonamides is 1. The number of amides is 2. The SMILES string of the molecule is O=C(NC1CC(F)(F)C1)N1CCC2(CC1)CN(S(=O)(=O)c1ccc(C(F)F)cc1)c1ccccc12. The van der Waals surface area contributed by atoms with Crippen molar-refractivity contribution in [2.75, 3.05) is 23.9 Å². The number of benzene rings is 2. The number of nitrogens with zero attached hydrogens (tertiary/aromatic N) is 2. The van der Waals surface area contributed by atoms with Crippen LogP contribution in [0.15, 0.2) is 53.4 Å². The number of hydrogen-bond acceptors (Lipinski definition) is 3. The Morgan fingerprint density at radius 3 is 2.23 bits per heavy atom. The van der Waals surface area contributed by atoms with Gasteiger partial charge in [0.15, 0.2) is 0 Å². The minimum Gasteiger partial charge on any atom is -0.335 e. The molecule has 35 heavy (non-hydrogen) atoms. The largest absolute Gasteiger partial charge is 0.335 e. The van der Waals surface area contributed by atoms with Crippen LogP contribution in [0.5, 0.6) is 0 Å². The number of piperidine rings is 1. The van der Waals surface area contributed by atoms with Gasteiger partial charge in [0.2, 0.25) is 0 Å². The van der Waals surface area contributed by atoms with Gasteiger partial charge in [0, 0.05) is 49.5 Å². The van der Waals surface area contributed by atoms with Gasteiger partial charge < -0.3 is 10.2 Å². The number of halogens is 4. The number of fused-ring (bicyclic) bond motifs is 2. The van der Waals surface area contributed by atoms with Crippen LogP contribution in [-0.2, 0) is 15.4 Å². The van der Waals surface area contributed by atoms with Crippen LogP contribution in [0.1, 0.15) is 43.2 Å². The molecule has 2 aliphatic heterocycles. The van der Waals surface area contributed by atoms with Gasteiger partial charge in [-0.1, -0.05) is 30.3 Å². The van der Waals surface area contributed by atoms with Gasteiger partial charge in [0.25, 0.3) is 22.4 Å². The summed E-state index contributed by atoms with van der Waals surface area (Å²) in [6.45, 7) is 0.899. The summed E-state index contributed by atoms with van der Waals surface area (Å²) < 4.78 is 80.3. The zero-order valence-electron chi connectivity index (χ0n) is 18.8. The molecule has 3 aliphatic rings. The second-order valence-electron chi connectivity index (χ2n) is 9.58. The summed E-state index contributed by atoms with van der Waals surface area (Å²) in [5.74, 6) is -2.72. The maximum absolute atomic E-state index is 13.5. The lowest BCUT2D eigenvalue weighted by Crippen LogP contribution is -2.56. The Bertz CT molecular complexity index is 1220. The van der Waals surface area contributed by atoms with Crippen LogP contribution in [0.2, 0.25) is 0 Å². The molecule has 188 valence electrons. The molecule has 2 aromatic carbocycles. The average molecular weight is 512 g/mol. The van der Waals surface area contributed by atoms with Gasteiger partial charge in [-0.15, -0.1) is 0 Å². The van der Waals surface area contributed by atoms with Crippen LogP contribution in [0.4, 0.5) is 28.0 Å². The maximum Gasteiger partial charge on any atom is 0.317 e. The Kier molecular flexibility index (Phi) is 5.73. The molecule has 1 saturated carbocycles. The smallest absolute Gasteiger partial charge is 0.317 e. The quantitative estimate of drug-likeness (QED) is 0.607. The third-order valence-corrected chi connectivity index (χ3v) is 9.11. The van der Waals surface area contributed by atoms with Crippen LogP contribution in [-0.4, -0.2) is 50.9 Å². The van der Waals surface area contributed by atoms with E-state index in [0.717, 1.165) is 17.7 Å². The van der Waals surface area contributed by atoms with E-state index in [1.54, 1.807) is 17.0 Å². The first-order valence-corrected chi connectivity index (χ1v) is 12.9. The zero-order valence-corrected chi connectivity index (χ0v) is 19.6. The van der Waals surface area contributed by atoms with Gasteiger partial charge in [0.05, 0.1) is 10.6 Å². The van der Waals surface area contributed by atoms with Crippen LogP contribution >= 0.6 is 0 Å². The first kappa shape index (κ1) is 23.9. The number of nitrogens with one attached hydrogen (secondary N) is 1. The molecular formula is C24H25F4N3O3S. The van der Waals surface area contributed by atoms with Crippen molar-refractivity contribution in [3.8, 4) is 0 Å². The number of carbonyl (C=O) groups is 1. The zero-order chi connectivity index (χ0) is 25.0. The standard InChI is InChI=1S/C24H25F4N3O3S/c25-21(26)16-5-7-18(8-6-16)35(33,34)31-15-23(19-3-1-2-4-20(19)31)9-11-30(12-10-23)22(32)29-17-13-24(27,28)14-17/h1-8,17,21H,9-15H2,(H,29,32). The Balaban J connectivity index is 1.33. The molecule has 1 aliphatic carbocycles. The van der Waals surface area contributed by atoms with Crippen molar-refractivity contribution in [2.45, 2.75) is 54.4 Å². The van der Waals surface area contributed by atoms with E-state index in [1.807, 2.05) is 12.1 Å². The number of rotatable bonds is 4. The lowest BCUT2D eigenvalue weighted by Gasteiger charge is -2.41. The van der Waals surface area contributed by atoms with Gasteiger partial charge in [-0.2, -0.15) is 0 Å². The minimum atomic E-state index is -4.00. The second-order valence-corrected chi connectivity index (χ2v) is 11.4. The fraction of sp³-hybridized carbons (Fsp3) is 0.458. The van der Waals surface area contributed by atoms with Crippen molar-refractivity contribution in [2.24, 2.45) is 0 Å². The maximum atomic E-state index is 13.5. The Hall–Kier alpha value is -2.82. The van der Waals surface area contributed by atoms with Gasteiger partial charge in [0.1, 0.15) is 0 Å². The number of para-hydroxylation sites is 1. The van der Waals surface area contributed by atoms with Crippen molar-refractivity contribution in [3.05, 3.63) is 59.7 Å². The lowest BCUT2D eigenvalue weighted by atomic mass is 9.74. The highest BCUT2D eigenvalue weighted by molar-refractivity contribution is 7.92. The summed E-state index contributed by atoms with van der Waals surface area (Å²) in [5.41, 5.74) is 0.650. The molecule has 1 saturated heterocycles. The number of likely N-dealkylation sites (tertiary alicyclic amines) is 1. The van der Waals surface area contributed by atoms with Crippen molar-refractivity contribution in [1.29, 1.82) is 0 Å². The van der Waals surface area contributed by atoms with E-state index in [4.69, 9.17) is 0 Å². The lowest BCUT2D eigenvalue weighted by molar-refractivity contribution is -0.0903. The Labute approximate surface area is 201 Å². The molecule has 0 unspecified atom stereocenters.